The van der Waals surface area contributed by atoms with Gasteiger partial charge in [-0.2, -0.15) is 0 Å². The molecule has 10 heteroatoms. The maximum atomic E-state index is 12.6. The Labute approximate surface area is 176 Å². The van der Waals surface area contributed by atoms with E-state index in [1.165, 1.54) is 17.3 Å². The molecule has 1 fully saturated rings. The van der Waals surface area contributed by atoms with Crippen molar-refractivity contribution >= 4 is 51.9 Å². The fourth-order valence-electron chi connectivity index (χ4n) is 2.57. The minimum atomic E-state index is -0.669. The SMILES string of the molecule is CCN1C(=O)C[C@H](C(=O)Nc2ccc(Cl)cc2)S/C1=N/NC(=O)c1ccncc1. The monoisotopic (exact) mass is 431 g/mol. The highest BCUT2D eigenvalue weighted by Gasteiger charge is 2.35. The maximum Gasteiger partial charge on any atom is 0.271 e. The second-order valence-corrected chi connectivity index (χ2v) is 7.62. The highest BCUT2D eigenvalue weighted by atomic mass is 35.5. The van der Waals surface area contributed by atoms with Crippen molar-refractivity contribution in [3.63, 3.8) is 0 Å². The third-order valence-electron chi connectivity index (χ3n) is 4.06. The Kier molecular flexibility index (Phi) is 6.84. The third-order valence-corrected chi connectivity index (χ3v) is 5.50. The molecular formula is C19H18ClN5O3S. The molecule has 0 aliphatic carbocycles. The van der Waals surface area contributed by atoms with E-state index in [9.17, 15) is 14.4 Å². The van der Waals surface area contributed by atoms with Crippen LogP contribution in [0.25, 0.3) is 0 Å². The van der Waals surface area contributed by atoms with Gasteiger partial charge in [-0.05, 0) is 43.3 Å². The number of halogens is 1. The summed E-state index contributed by atoms with van der Waals surface area (Å²) in [6.45, 7) is 2.17. The van der Waals surface area contributed by atoms with Gasteiger partial charge in [-0.1, -0.05) is 23.4 Å². The third kappa shape index (κ3) is 5.33. The van der Waals surface area contributed by atoms with Crippen LogP contribution in [-0.2, 0) is 9.59 Å². The van der Waals surface area contributed by atoms with Crippen LogP contribution in [0.4, 0.5) is 5.69 Å². The number of hydrogen-bond acceptors (Lipinski definition) is 6. The van der Waals surface area contributed by atoms with Crippen molar-refractivity contribution in [2.45, 2.75) is 18.6 Å². The summed E-state index contributed by atoms with van der Waals surface area (Å²) in [7, 11) is 0. The van der Waals surface area contributed by atoms with E-state index >= 15 is 0 Å². The van der Waals surface area contributed by atoms with Gasteiger partial charge in [0.1, 0.15) is 5.25 Å². The van der Waals surface area contributed by atoms with Gasteiger partial charge in [-0.25, -0.2) is 5.43 Å². The van der Waals surface area contributed by atoms with Crippen LogP contribution in [0.5, 0.6) is 0 Å². The number of anilines is 1. The summed E-state index contributed by atoms with van der Waals surface area (Å²) in [5, 5.41) is 7.00. The highest BCUT2D eigenvalue weighted by molar-refractivity contribution is 8.15. The lowest BCUT2D eigenvalue weighted by atomic mass is 10.2. The lowest BCUT2D eigenvalue weighted by Gasteiger charge is -2.30. The summed E-state index contributed by atoms with van der Waals surface area (Å²) in [5.74, 6) is -0.995. The summed E-state index contributed by atoms with van der Waals surface area (Å²) < 4.78 is 0. The minimum absolute atomic E-state index is 0.0370. The van der Waals surface area contributed by atoms with Gasteiger partial charge in [0.2, 0.25) is 11.8 Å². The molecule has 3 amide bonds. The van der Waals surface area contributed by atoms with Crippen molar-refractivity contribution in [3.8, 4) is 0 Å². The molecule has 0 saturated carbocycles. The first-order chi connectivity index (χ1) is 14.0. The summed E-state index contributed by atoms with van der Waals surface area (Å²) in [6, 6.07) is 9.78. The smallest absolute Gasteiger partial charge is 0.271 e. The van der Waals surface area contributed by atoms with Crippen LogP contribution in [0.2, 0.25) is 5.02 Å². The Bertz CT molecular complexity index is 937. The molecule has 1 atom stereocenters. The molecule has 1 aliphatic heterocycles. The molecule has 29 heavy (non-hydrogen) atoms. The van der Waals surface area contributed by atoms with Crippen LogP contribution in [0.1, 0.15) is 23.7 Å². The highest BCUT2D eigenvalue weighted by Crippen LogP contribution is 2.27. The van der Waals surface area contributed by atoms with Crippen LogP contribution in [-0.4, -0.2) is 44.6 Å². The van der Waals surface area contributed by atoms with Gasteiger partial charge < -0.3 is 5.32 Å². The maximum absolute atomic E-state index is 12.6. The number of benzene rings is 1. The van der Waals surface area contributed by atoms with Crippen molar-refractivity contribution < 1.29 is 14.4 Å². The van der Waals surface area contributed by atoms with Crippen molar-refractivity contribution in [2.24, 2.45) is 5.10 Å². The van der Waals surface area contributed by atoms with E-state index < -0.39 is 11.2 Å². The van der Waals surface area contributed by atoms with Gasteiger partial charge >= 0.3 is 0 Å². The number of hydrogen-bond donors (Lipinski definition) is 2. The Morgan fingerprint density at radius 3 is 2.59 bits per heavy atom. The second-order valence-electron chi connectivity index (χ2n) is 6.02. The fourth-order valence-corrected chi connectivity index (χ4v) is 3.80. The number of aromatic nitrogens is 1. The van der Waals surface area contributed by atoms with Crippen molar-refractivity contribution in [1.82, 2.24) is 15.3 Å². The average molecular weight is 432 g/mol. The Morgan fingerprint density at radius 2 is 1.93 bits per heavy atom. The molecule has 8 nitrogen and oxygen atoms in total. The molecule has 3 rings (SSSR count). The van der Waals surface area contributed by atoms with Crippen molar-refractivity contribution in [2.75, 3.05) is 11.9 Å². The van der Waals surface area contributed by atoms with E-state index in [0.717, 1.165) is 11.8 Å². The van der Waals surface area contributed by atoms with Gasteiger partial charge in [0.15, 0.2) is 5.17 Å². The number of rotatable bonds is 5. The van der Waals surface area contributed by atoms with Crippen LogP contribution in [0.15, 0.2) is 53.9 Å². The lowest BCUT2D eigenvalue weighted by molar-refractivity contribution is -0.129. The normalized spacial score (nSPS) is 17.9. The Hall–Kier alpha value is -2.91. The number of nitrogens with zero attached hydrogens (tertiary/aromatic N) is 3. The van der Waals surface area contributed by atoms with Crippen molar-refractivity contribution in [1.29, 1.82) is 0 Å². The molecule has 2 N–H and O–H groups in total. The number of hydrazone groups is 1. The second kappa shape index (κ2) is 9.53. The molecule has 2 heterocycles. The minimum Gasteiger partial charge on any atom is -0.325 e. The number of carbonyl (C=O) groups is 3. The number of carbonyl (C=O) groups excluding carboxylic acids is 3. The number of thioether (sulfide) groups is 1. The van der Waals surface area contributed by atoms with Gasteiger partial charge in [-0.15, -0.1) is 5.10 Å². The number of pyridine rings is 1. The van der Waals surface area contributed by atoms with E-state index in [1.54, 1.807) is 43.3 Å². The molecule has 0 bridgehead atoms. The number of amidine groups is 1. The van der Waals surface area contributed by atoms with Gasteiger partial charge in [0.05, 0.1) is 0 Å². The van der Waals surface area contributed by atoms with E-state index in [4.69, 9.17) is 11.6 Å². The summed E-state index contributed by atoms with van der Waals surface area (Å²) in [4.78, 5) is 42.6. The number of nitrogens with one attached hydrogen (secondary N) is 2. The largest absolute Gasteiger partial charge is 0.325 e. The molecule has 0 radical (unpaired) electrons. The molecular weight excluding hydrogens is 414 g/mol. The summed E-state index contributed by atoms with van der Waals surface area (Å²) >= 11 is 6.98. The first-order valence-corrected chi connectivity index (χ1v) is 10.0. The van der Waals surface area contributed by atoms with E-state index in [-0.39, 0.29) is 23.4 Å². The van der Waals surface area contributed by atoms with E-state index in [1.807, 2.05) is 0 Å². The predicted molar refractivity (Wildman–Crippen MR) is 113 cm³/mol. The zero-order valence-electron chi connectivity index (χ0n) is 15.5. The summed E-state index contributed by atoms with van der Waals surface area (Å²) in [5.41, 5.74) is 3.39. The van der Waals surface area contributed by atoms with Gasteiger partial charge in [-0.3, -0.25) is 24.3 Å². The molecule has 1 saturated heterocycles. The van der Waals surface area contributed by atoms with Crippen LogP contribution in [0.3, 0.4) is 0 Å². The van der Waals surface area contributed by atoms with Crippen molar-refractivity contribution in [3.05, 3.63) is 59.4 Å². The van der Waals surface area contributed by atoms with Gasteiger partial charge in [0.25, 0.3) is 5.91 Å². The molecule has 0 unspecified atom stereocenters. The Morgan fingerprint density at radius 1 is 1.24 bits per heavy atom. The molecule has 150 valence electrons. The quantitative estimate of drug-likeness (QED) is 0.708. The van der Waals surface area contributed by atoms with E-state index in [0.29, 0.717) is 22.8 Å². The topological polar surface area (TPSA) is 104 Å². The standard InChI is InChI=1S/C19H18ClN5O3S/c1-2-25-16(26)11-15(18(28)22-14-5-3-13(20)4-6-14)29-19(25)24-23-17(27)12-7-9-21-10-8-12/h3-10,15H,2,11H2,1H3,(H,22,28)(H,23,27)/b24-19+/t15-/m1/s1. The first kappa shape index (κ1) is 20.8. The summed E-state index contributed by atoms with van der Waals surface area (Å²) in [6.07, 6.45) is 3.03. The predicted octanol–water partition coefficient (Wildman–Crippen LogP) is 2.73. The Balaban J connectivity index is 1.71. The van der Waals surface area contributed by atoms with E-state index in [2.05, 4.69) is 20.8 Å². The first-order valence-electron chi connectivity index (χ1n) is 8.79. The molecule has 2 aromatic rings. The average Bonchev–Trinajstić information content (AvgIpc) is 2.73. The fraction of sp³-hybridized carbons (Fsp3) is 0.211. The molecule has 1 aliphatic rings. The molecule has 1 aromatic heterocycles. The van der Waals surface area contributed by atoms with Crippen LogP contribution < -0.4 is 10.7 Å². The molecule has 1 aromatic carbocycles. The lowest BCUT2D eigenvalue weighted by Crippen LogP contribution is -2.46. The van der Waals surface area contributed by atoms with Crippen LogP contribution >= 0.6 is 23.4 Å². The molecule has 0 spiro atoms. The zero-order valence-corrected chi connectivity index (χ0v) is 17.0. The number of amides is 3. The van der Waals surface area contributed by atoms with Crippen LogP contribution in [0, 0.1) is 0 Å². The zero-order chi connectivity index (χ0) is 20.8. The van der Waals surface area contributed by atoms with Gasteiger partial charge in [0, 0.05) is 41.6 Å².